The molecule has 0 fully saturated rings. The first kappa shape index (κ1) is 14.1. The molecule has 17 heavy (non-hydrogen) atoms. The van der Waals surface area contributed by atoms with Crippen molar-refractivity contribution in [3.63, 3.8) is 0 Å². The van der Waals surface area contributed by atoms with Gasteiger partial charge in [0.15, 0.2) is 0 Å². The van der Waals surface area contributed by atoms with E-state index in [1.54, 1.807) is 0 Å². The molecule has 0 saturated carbocycles. The zero-order valence-corrected chi connectivity index (χ0v) is 11.6. The molecular weight excluding hydrogens is 212 g/mol. The van der Waals surface area contributed by atoms with Crippen LogP contribution in [0.5, 0.6) is 0 Å². The highest BCUT2D eigenvalue weighted by molar-refractivity contribution is 5.20. The molecule has 0 aliphatic carbocycles. The van der Waals surface area contributed by atoms with Gasteiger partial charge in [-0.1, -0.05) is 13.0 Å². The van der Waals surface area contributed by atoms with Crippen LogP contribution in [0.1, 0.15) is 44.9 Å². The number of nitrogens with one attached hydrogen (secondary N) is 1. The van der Waals surface area contributed by atoms with E-state index < -0.39 is 0 Å². The van der Waals surface area contributed by atoms with Gasteiger partial charge in [0, 0.05) is 12.4 Å². The number of likely N-dealkylation sites (N-methyl/N-ethyl adjacent to an activating group) is 1. The first-order valence-corrected chi connectivity index (χ1v) is 6.21. The minimum Gasteiger partial charge on any atom is -0.374 e. The molecule has 0 aromatic carbocycles. The van der Waals surface area contributed by atoms with Gasteiger partial charge in [0.25, 0.3) is 0 Å². The standard InChI is InChI=1S/C14H24N2O/c1-6-16-13(10-17-14(3,4)5)12-7-11(2)8-15-9-12/h7-9,13,16H,6,10H2,1-5H3. The van der Waals surface area contributed by atoms with Crippen LogP contribution < -0.4 is 5.32 Å². The third-order valence-electron chi connectivity index (χ3n) is 2.43. The molecular formula is C14H24N2O. The normalized spacial score (nSPS) is 13.7. The summed E-state index contributed by atoms with van der Waals surface area (Å²) in [4.78, 5) is 4.24. The zero-order valence-electron chi connectivity index (χ0n) is 11.6. The molecule has 0 spiro atoms. The molecule has 1 heterocycles. The Labute approximate surface area is 105 Å². The van der Waals surface area contributed by atoms with Crippen molar-refractivity contribution in [2.24, 2.45) is 0 Å². The Morgan fingerprint density at radius 2 is 2.06 bits per heavy atom. The summed E-state index contributed by atoms with van der Waals surface area (Å²) in [5.74, 6) is 0. The second-order valence-electron chi connectivity index (χ2n) is 5.33. The molecule has 1 unspecified atom stereocenters. The lowest BCUT2D eigenvalue weighted by Crippen LogP contribution is -2.30. The Hall–Kier alpha value is -0.930. The molecule has 0 radical (unpaired) electrons. The van der Waals surface area contributed by atoms with Crippen molar-refractivity contribution >= 4 is 0 Å². The number of aromatic nitrogens is 1. The molecule has 1 aromatic heterocycles. The summed E-state index contributed by atoms with van der Waals surface area (Å²) in [5.41, 5.74) is 2.27. The molecule has 1 rings (SSSR count). The molecule has 1 N–H and O–H groups in total. The fraction of sp³-hybridized carbons (Fsp3) is 0.643. The number of hydrogen-bond acceptors (Lipinski definition) is 3. The van der Waals surface area contributed by atoms with Crippen LogP contribution in [0, 0.1) is 6.92 Å². The van der Waals surface area contributed by atoms with Gasteiger partial charge in [0.05, 0.1) is 18.2 Å². The van der Waals surface area contributed by atoms with Gasteiger partial charge in [-0.15, -0.1) is 0 Å². The summed E-state index contributed by atoms with van der Waals surface area (Å²) in [6.07, 6.45) is 3.78. The topological polar surface area (TPSA) is 34.1 Å². The van der Waals surface area contributed by atoms with Crippen LogP contribution in [0.25, 0.3) is 0 Å². The van der Waals surface area contributed by atoms with Gasteiger partial charge in [-0.2, -0.15) is 0 Å². The average molecular weight is 236 g/mol. The van der Waals surface area contributed by atoms with E-state index in [1.165, 1.54) is 11.1 Å². The molecule has 1 atom stereocenters. The number of pyridine rings is 1. The van der Waals surface area contributed by atoms with Crippen molar-refractivity contribution in [3.8, 4) is 0 Å². The van der Waals surface area contributed by atoms with E-state index in [1.807, 2.05) is 12.4 Å². The maximum Gasteiger partial charge on any atom is 0.0669 e. The number of hydrogen-bond donors (Lipinski definition) is 1. The largest absolute Gasteiger partial charge is 0.374 e. The Morgan fingerprint density at radius 1 is 1.35 bits per heavy atom. The molecule has 0 saturated heterocycles. The SMILES string of the molecule is CCNC(COC(C)(C)C)c1cncc(C)c1. The number of aryl methyl sites for hydroxylation is 1. The number of ether oxygens (including phenoxy) is 1. The maximum atomic E-state index is 5.85. The van der Waals surface area contributed by atoms with Gasteiger partial charge < -0.3 is 10.1 Å². The lowest BCUT2D eigenvalue weighted by Gasteiger charge is -2.25. The smallest absolute Gasteiger partial charge is 0.0669 e. The van der Waals surface area contributed by atoms with Gasteiger partial charge in [-0.05, 0) is 45.4 Å². The van der Waals surface area contributed by atoms with Crippen LogP contribution in [0.2, 0.25) is 0 Å². The van der Waals surface area contributed by atoms with Gasteiger partial charge in [-0.25, -0.2) is 0 Å². The molecule has 0 aliphatic heterocycles. The monoisotopic (exact) mass is 236 g/mol. The van der Waals surface area contributed by atoms with Crippen LogP contribution in [-0.4, -0.2) is 23.7 Å². The second kappa shape index (κ2) is 6.12. The first-order chi connectivity index (χ1) is 7.92. The third kappa shape index (κ3) is 5.29. The molecule has 3 nitrogen and oxygen atoms in total. The van der Waals surface area contributed by atoms with Gasteiger partial charge >= 0.3 is 0 Å². The quantitative estimate of drug-likeness (QED) is 0.853. The Bertz CT molecular complexity index is 344. The molecule has 3 heteroatoms. The minimum atomic E-state index is -0.106. The first-order valence-electron chi connectivity index (χ1n) is 6.21. The average Bonchev–Trinajstić information content (AvgIpc) is 2.23. The number of nitrogens with zero attached hydrogens (tertiary/aromatic N) is 1. The summed E-state index contributed by atoms with van der Waals surface area (Å²) in [5, 5.41) is 3.43. The lowest BCUT2D eigenvalue weighted by atomic mass is 10.1. The predicted octanol–water partition coefficient (Wildman–Crippen LogP) is 2.86. The maximum absolute atomic E-state index is 5.85. The van der Waals surface area contributed by atoms with Crippen LogP contribution in [0.3, 0.4) is 0 Å². The Morgan fingerprint density at radius 3 is 2.59 bits per heavy atom. The van der Waals surface area contributed by atoms with E-state index in [0.29, 0.717) is 6.61 Å². The zero-order chi connectivity index (χ0) is 12.9. The van der Waals surface area contributed by atoms with E-state index >= 15 is 0 Å². The van der Waals surface area contributed by atoms with E-state index in [2.05, 4.69) is 51.0 Å². The van der Waals surface area contributed by atoms with Crippen molar-refractivity contribution in [3.05, 3.63) is 29.6 Å². The van der Waals surface area contributed by atoms with E-state index in [9.17, 15) is 0 Å². The summed E-state index contributed by atoms with van der Waals surface area (Å²) in [6.45, 7) is 12.0. The highest BCUT2D eigenvalue weighted by Crippen LogP contribution is 2.17. The third-order valence-corrected chi connectivity index (χ3v) is 2.43. The minimum absolute atomic E-state index is 0.106. The summed E-state index contributed by atoms with van der Waals surface area (Å²) in [7, 11) is 0. The van der Waals surface area contributed by atoms with Crippen molar-refractivity contribution < 1.29 is 4.74 Å². The fourth-order valence-corrected chi connectivity index (χ4v) is 1.62. The molecule has 96 valence electrons. The van der Waals surface area contributed by atoms with Crippen molar-refractivity contribution in [2.45, 2.75) is 46.3 Å². The lowest BCUT2D eigenvalue weighted by molar-refractivity contribution is -0.0146. The summed E-state index contributed by atoms with van der Waals surface area (Å²) in [6, 6.07) is 2.37. The van der Waals surface area contributed by atoms with Crippen LogP contribution in [0.4, 0.5) is 0 Å². The van der Waals surface area contributed by atoms with Crippen molar-refractivity contribution in [1.82, 2.24) is 10.3 Å². The molecule has 0 amide bonds. The van der Waals surface area contributed by atoms with Crippen LogP contribution in [-0.2, 0) is 4.74 Å². The summed E-state index contributed by atoms with van der Waals surface area (Å²) >= 11 is 0. The Kier molecular flexibility index (Phi) is 5.09. The number of rotatable bonds is 5. The molecule has 0 bridgehead atoms. The fourth-order valence-electron chi connectivity index (χ4n) is 1.62. The summed E-state index contributed by atoms with van der Waals surface area (Å²) < 4.78 is 5.85. The van der Waals surface area contributed by atoms with Crippen molar-refractivity contribution in [2.75, 3.05) is 13.2 Å². The van der Waals surface area contributed by atoms with Crippen LogP contribution >= 0.6 is 0 Å². The van der Waals surface area contributed by atoms with Gasteiger partial charge in [0.1, 0.15) is 0 Å². The highest BCUT2D eigenvalue weighted by atomic mass is 16.5. The van der Waals surface area contributed by atoms with Crippen molar-refractivity contribution in [1.29, 1.82) is 0 Å². The van der Waals surface area contributed by atoms with E-state index in [4.69, 9.17) is 4.74 Å². The van der Waals surface area contributed by atoms with Gasteiger partial charge in [-0.3, -0.25) is 4.98 Å². The highest BCUT2D eigenvalue weighted by Gasteiger charge is 2.16. The molecule has 0 aliphatic rings. The predicted molar refractivity (Wildman–Crippen MR) is 71.1 cm³/mol. The second-order valence-corrected chi connectivity index (χ2v) is 5.33. The molecule has 1 aromatic rings. The van der Waals surface area contributed by atoms with Crippen LogP contribution in [0.15, 0.2) is 18.5 Å². The Balaban J connectivity index is 2.71. The van der Waals surface area contributed by atoms with E-state index in [0.717, 1.165) is 6.54 Å². The van der Waals surface area contributed by atoms with Gasteiger partial charge in [0.2, 0.25) is 0 Å². The van der Waals surface area contributed by atoms with E-state index in [-0.39, 0.29) is 11.6 Å².